The van der Waals surface area contributed by atoms with Gasteiger partial charge in [-0.05, 0) is 57.7 Å². The number of alkyl carbamates (subject to hydrolysis) is 1. The minimum Gasteiger partial charge on any atom is -0.444 e. The van der Waals surface area contributed by atoms with Crippen molar-refractivity contribution >= 4 is 17.9 Å². The summed E-state index contributed by atoms with van der Waals surface area (Å²) in [4.78, 5) is 42.4. The largest absolute Gasteiger partial charge is 0.444 e. The van der Waals surface area contributed by atoms with Crippen LogP contribution in [0.2, 0.25) is 0 Å². The first-order valence-electron chi connectivity index (χ1n) is 13.8. The minimum absolute atomic E-state index is 0.0561. The van der Waals surface area contributed by atoms with E-state index < -0.39 is 23.8 Å². The number of amides is 3. The molecule has 208 valence electrons. The molecule has 0 aromatic heterocycles. The summed E-state index contributed by atoms with van der Waals surface area (Å²) in [6, 6.07) is 14.8. The van der Waals surface area contributed by atoms with Crippen LogP contribution in [0.4, 0.5) is 4.79 Å². The topological polar surface area (TPSA) is 87.7 Å². The molecule has 1 aliphatic rings. The molecule has 7 heteroatoms. The van der Waals surface area contributed by atoms with Gasteiger partial charge in [0.2, 0.25) is 11.8 Å². The van der Waals surface area contributed by atoms with Gasteiger partial charge in [-0.3, -0.25) is 9.59 Å². The maximum absolute atomic E-state index is 14.2. The second-order valence-electron chi connectivity index (χ2n) is 11.0. The third-order valence-corrected chi connectivity index (χ3v) is 6.82. The van der Waals surface area contributed by atoms with Gasteiger partial charge in [0.1, 0.15) is 17.7 Å². The van der Waals surface area contributed by atoms with Gasteiger partial charge in [-0.2, -0.15) is 0 Å². The van der Waals surface area contributed by atoms with E-state index in [1.807, 2.05) is 49.4 Å². The van der Waals surface area contributed by atoms with Crippen molar-refractivity contribution in [1.29, 1.82) is 0 Å². The van der Waals surface area contributed by atoms with Gasteiger partial charge in [-0.25, -0.2) is 4.79 Å². The van der Waals surface area contributed by atoms with Crippen LogP contribution in [0.1, 0.15) is 82.5 Å². The Labute approximate surface area is 232 Å². The molecule has 2 atom stereocenters. The lowest BCUT2D eigenvalue weighted by Gasteiger charge is -2.35. The third-order valence-electron chi connectivity index (χ3n) is 6.82. The molecule has 0 aliphatic heterocycles. The Kier molecular flexibility index (Phi) is 10.6. The number of likely N-dealkylation sites (N-methyl/N-ethyl adjacent to an activating group) is 1. The second-order valence-corrected chi connectivity index (χ2v) is 11.0. The summed E-state index contributed by atoms with van der Waals surface area (Å²) in [5, 5.41) is 5.95. The molecule has 7 nitrogen and oxygen atoms in total. The third kappa shape index (κ3) is 8.61. The van der Waals surface area contributed by atoms with Crippen LogP contribution >= 0.6 is 0 Å². The van der Waals surface area contributed by atoms with Gasteiger partial charge in [0, 0.05) is 24.6 Å². The molecule has 0 saturated heterocycles. The summed E-state index contributed by atoms with van der Waals surface area (Å²) in [6.45, 7) is 7.36. The molecular weight excluding hydrogens is 490 g/mol. The van der Waals surface area contributed by atoms with Crippen LogP contribution in [0, 0.1) is 12.3 Å². The van der Waals surface area contributed by atoms with Crippen LogP contribution in [0.3, 0.4) is 0 Å². The number of benzene rings is 2. The van der Waals surface area contributed by atoms with Crippen LogP contribution in [0.15, 0.2) is 54.6 Å². The number of hydrogen-bond donors (Lipinski definition) is 2. The van der Waals surface area contributed by atoms with E-state index in [9.17, 15) is 14.4 Å². The number of nitrogens with zero attached hydrogens (tertiary/aromatic N) is 1. The van der Waals surface area contributed by atoms with Crippen molar-refractivity contribution in [2.24, 2.45) is 0 Å². The maximum Gasteiger partial charge on any atom is 0.408 e. The predicted molar refractivity (Wildman–Crippen MR) is 153 cm³/mol. The van der Waals surface area contributed by atoms with Crippen LogP contribution in [0.25, 0.3) is 0 Å². The van der Waals surface area contributed by atoms with Crippen LogP contribution < -0.4 is 10.6 Å². The average molecular weight is 532 g/mol. The highest BCUT2D eigenvalue weighted by molar-refractivity contribution is 5.92. The first-order chi connectivity index (χ1) is 18.6. The number of nitrogens with one attached hydrogen (secondary N) is 2. The zero-order chi connectivity index (χ0) is 28.4. The predicted octanol–water partition coefficient (Wildman–Crippen LogP) is 5.14. The van der Waals surface area contributed by atoms with Gasteiger partial charge in [0.25, 0.3) is 0 Å². The van der Waals surface area contributed by atoms with Crippen LogP contribution in [-0.4, -0.2) is 47.0 Å². The summed E-state index contributed by atoms with van der Waals surface area (Å²) in [6.07, 6.45) is 10.5. The Morgan fingerprint density at radius 3 is 2.28 bits per heavy atom. The number of rotatable bonds is 9. The Balaban J connectivity index is 1.98. The van der Waals surface area contributed by atoms with Gasteiger partial charge in [-0.1, -0.05) is 73.7 Å². The molecule has 39 heavy (non-hydrogen) atoms. The van der Waals surface area contributed by atoms with E-state index in [4.69, 9.17) is 11.2 Å². The highest BCUT2D eigenvalue weighted by Crippen LogP contribution is 2.27. The Morgan fingerprint density at radius 2 is 1.67 bits per heavy atom. The number of carbonyl (C=O) groups is 3. The second kappa shape index (κ2) is 13.8. The summed E-state index contributed by atoms with van der Waals surface area (Å²) >= 11 is 0. The van der Waals surface area contributed by atoms with Crippen molar-refractivity contribution in [3.8, 4) is 12.3 Å². The smallest absolute Gasteiger partial charge is 0.408 e. The minimum atomic E-state index is -0.954. The van der Waals surface area contributed by atoms with Crippen molar-refractivity contribution in [2.75, 3.05) is 6.54 Å². The molecule has 0 spiro atoms. The Morgan fingerprint density at radius 1 is 1.03 bits per heavy atom. The van der Waals surface area contributed by atoms with Gasteiger partial charge in [0.15, 0.2) is 0 Å². The summed E-state index contributed by atoms with van der Waals surface area (Å²) in [5.74, 6) is 2.02. The quantitative estimate of drug-likeness (QED) is 0.439. The molecule has 0 radical (unpaired) electrons. The van der Waals surface area contributed by atoms with Crippen molar-refractivity contribution in [1.82, 2.24) is 15.5 Å². The molecule has 2 aromatic rings. The fourth-order valence-electron chi connectivity index (χ4n) is 5.01. The molecule has 0 bridgehead atoms. The maximum atomic E-state index is 14.2. The molecule has 2 unspecified atom stereocenters. The van der Waals surface area contributed by atoms with Crippen molar-refractivity contribution < 1.29 is 19.1 Å². The zero-order valence-electron chi connectivity index (χ0n) is 23.5. The van der Waals surface area contributed by atoms with E-state index in [1.165, 1.54) is 4.90 Å². The first-order valence-corrected chi connectivity index (χ1v) is 13.8. The number of ether oxygens (including phenoxy) is 1. The van der Waals surface area contributed by atoms with Crippen molar-refractivity contribution in [2.45, 2.75) is 89.9 Å². The van der Waals surface area contributed by atoms with Gasteiger partial charge < -0.3 is 20.3 Å². The lowest BCUT2D eigenvalue weighted by atomic mass is 9.93. The molecule has 3 rings (SSSR count). The Bertz CT molecular complexity index is 1160. The fraction of sp³-hybridized carbons (Fsp3) is 0.469. The lowest BCUT2D eigenvalue weighted by Crippen LogP contribution is -2.54. The van der Waals surface area contributed by atoms with E-state index in [0.717, 1.165) is 37.7 Å². The number of hydrogen-bond acceptors (Lipinski definition) is 4. The normalized spacial score (nSPS) is 15.4. The molecule has 1 fully saturated rings. The van der Waals surface area contributed by atoms with Crippen LogP contribution in [0.5, 0.6) is 0 Å². The van der Waals surface area contributed by atoms with Gasteiger partial charge in [0.05, 0.1) is 0 Å². The SMILES string of the molecule is C#Cc1ccccc1C(C(=O)NC1CCCCC1)N(CC)C(=O)C(Cc1ccccc1)NC(=O)OC(C)(C)C. The van der Waals surface area contributed by atoms with Crippen molar-refractivity contribution in [3.05, 3.63) is 71.3 Å². The summed E-state index contributed by atoms with van der Waals surface area (Å²) in [5.41, 5.74) is 1.27. The van der Waals surface area contributed by atoms with E-state index in [-0.39, 0.29) is 30.8 Å². The van der Waals surface area contributed by atoms with Gasteiger partial charge in [-0.15, -0.1) is 6.42 Å². The molecule has 2 N–H and O–H groups in total. The highest BCUT2D eigenvalue weighted by Gasteiger charge is 2.37. The molecular formula is C32H41N3O4. The fourth-order valence-corrected chi connectivity index (χ4v) is 5.01. The highest BCUT2D eigenvalue weighted by atomic mass is 16.6. The monoisotopic (exact) mass is 531 g/mol. The molecule has 2 aromatic carbocycles. The average Bonchev–Trinajstić information content (AvgIpc) is 2.91. The molecule has 0 heterocycles. The Hall–Kier alpha value is -3.79. The summed E-state index contributed by atoms with van der Waals surface area (Å²) in [7, 11) is 0. The summed E-state index contributed by atoms with van der Waals surface area (Å²) < 4.78 is 5.47. The molecule has 1 aliphatic carbocycles. The van der Waals surface area contributed by atoms with E-state index in [0.29, 0.717) is 11.1 Å². The van der Waals surface area contributed by atoms with Crippen molar-refractivity contribution in [3.63, 3.8) is 0 Å². The number of terminal acetylenes is 1. The standard InChI is InChI=1S/C32H41N3O4/c1-6-24-18-14-15-21-26(24)28(29(36)33-25-19-12-9-13-20-25)35(7-2)30(37)27(22-23-16-10-8-11-17-23)34-31(38)39-32(3,4)5/h1,8,10-11,14-18,21,25,27-28H,7,9,12-13,19-20,22H2,2-5H3,(H,33,36)(H,34,38). The van der Waals surface area contributed by atoms with Crippen LogP contribution in [-0.2, 0) is 20.7 Å². The van der Waals surface area contributed by atoms with E-state index >= 15 is 0 Å². The number of carbonyl (C=O) groups excluding carboxylic acids is 3. The zero-order valence-corrected chi connectivity index (χ0v) is 23.5. The first kappa shape index (κ1) is 29.8. The van der Waals surface area contributed by atoms with E-state index in [2.05, 4.69) is 16.6 Å². The molecule has 1 saturated carbocycles. The van der Waals surface area contributed by atoms with Gasteiger partial charge >= 0.3 is 6.09 Å². The van der Waals surface area contributed by atoms with E-state index in [1.54, 1.807) is 32.9 Å². The lowest BCUT2D eigenvalue weighted by molar-refractivity contribution is -0.142. The molecule has 3 amide bonds.